The second-order valence-electron chi connectivity index (χ2n) is 11.8. The Morgan fingerprint density at radius 3 is 2.10 bits per heavy atom. The van der Waals surface area contributed by atoms with Crippen LogP contribution in [-0.4, -0.2) is 14.5 Å². The van der Waals surface area contributed by atoms with Crippen LogP contribution in [0.3, 0.4) is 0 Å². The van der Waals surface area contributed by atoms with Crippen LogP contribution in [0, 0.1) is 19.1 Å². The average Bonchev–Trinajstić information content (AvgIpc) is 3.69. The minimum atomic E-state index is 0. The smallest absolute Gasteiger partial charge is 0.148 e. The zero-order valence-corrected chi connectivity index (χ0v) is 28.8. The number of benzene rings is 6. The van der Waals surface area contributed by atoms with E-state index >= 15 is 0 Å². The van der Waals surface area contributed by atoms with E-state index in [0.29, 0.717) is 0 Å². The van der Waals surface area contributed by atoms with Gasteiger partial charge in [0.25, 0.3) is 0 Å². The summed E-state index contributed by atoms with van der Waals surface area (Å²) in [4.78, 5) is 12.0. The molecule has 0 atom stereocenters. The fourth-order valence-corrected chi connectivity index (χ4v) is 6.52. The number of hydrogen-bond acceptors (Lipinski definition) is 4. The molecule has 7 heteroatoms. The number of pyridine rings is 1. The van der Waals surface area contributed by atoms with Gasteiger partial charge in [0.05, 0.1) is 0 Å². The Morgan fingerprint density at radius 1 is 0.612 bits per heavy atom. The number of aromatic nitrogens is 2. The van der Waals surface area contributed by atoms with Crippen LogP contribution in [0.1, 0.15) is 5.56 Å². The normalized spacial score (nSPS) is 12.3. The molecule has 1 aliphatic heterocycles. The van der Waals surface area contributed by atoms with E-state index in [1.807, 2.05) is 58.8 Å². The molecule has 1 N–H and O–H groups in total. The van der Waals surface area contributed by atoms with Crippen molar-refractivity contribution in [3.8, 4) is 5.82 Å². The van der Waals surface area contributed by atoms with Crippen LogP contribution in [0.25, 0.3) is 27.6 Å². The predicted octanol–water partition coefficient (Wildman–Crippen LogP) is 10.7. The first kappa shape index (κ1) is 30.6. The Kier molecular flexibility index (Phi) is 7.96. The summed E-state index contributed by atoms with van der Waals surface area (Å²) in [6.45, 7) is 2.10. The van der Waals surface area contributed by atoms with Gasteiger partial charge in [-0.25, -0.2) is 4.98 Å². The molecular formula is C42H30N5OPt-. The minimum absolute atomic E-state index is 0. The van der Waals surface area contributed by atoms with Crippen LogP contribution in [0.2, 0.25) is 0 Å². The third-order valence-corrected chi connectivity index (χ3v) is 8.70. The first-order valence-electron chi connectivity index (χ1n) is 15.9. The molecule has 0 amide bonds. The summed E-state index contributed by atoms with van der Waals surface area (Å²) in [6.07, 6.45) is 1.87. The molecule has 0 saturated heterocycles. The minimum Gasteiger partial charge on any atom is -0.358 e. The van der Waals surface area contributed by atoms with Gasteiger partial charge < -0.3 is 9.47 Å². The molecule has 0 bridgehead atoms. The molecule has 0 spiro atoms. The molecule has 0 radical (unpaired) electrons. The summed E-state index contributed by atoms with van der Waals surface area (Å²) >= 11 is 0. The molecule has 2 aromatic heterocycles. The zero-order chi connectivity index (χ0) is 32.0. The molecular weight excluding hydrogens is 786 g/mol. The van der Waals surface area contributed by atoms with Crippen molar-refractivity contribution in [3.63, 3.8) is 0 Å². The third kappa shape index (κ3) is 5.36. The number of para-hydroxylation sites is 5. The summed E-state index contributed by atoms with van der Waals surface area (Å²) in [7, 11) is 0. The summed E-state index contributed by atoms with van der Waals surface area (Å²) in [5.41, 5.74) is 9.81. The molecule has 6 nitrogen and oxygen atoms in total. The van der Waals surface area contributed by atoms with Gasteiger partial charge in [-0.2, -0.15) is 17.1 Å². The van der Waals surface area contributed by atoms with Gasteiger partial charge in [0.15, 0.2) is 0 Å². The molecule has 8 aromatic rings. The molecule has 49 heavy (non-hydrogen) atoms. The third-order valence-electron chi connectivity index (χ3n) is 8.70. The number of aryl methyl sites for hydroxylation is 1. The molecule has 1 aliphatic rings. The van der Waals surface area contributed by atoms with Crippen LogP contribution in [0.4, 0.5) is 39.8 Å². The van der Waals surface area contributed by atoms with Gasteiger partial charge in [-0.1, -0.05) is 88.7 Å². The Balaban J connectivity index is 0.00000348. The van der Waals surface area contributed by atoms with Crippen LogP contribution in [0.5, 0.6) is 0 Å². The van der Waals surface area contributed by atoms with Crippen LogP contribution in [0.15, 0.2) is 158 Å². The summed E-state index contributed by atoms with van der Waals surface area (Å²) in [5.74, 6) is 0.867. The Bertz CT molecular complexity index is 2430. The largest absolute Gasteiger partial charge is 0.358 e. The number of rotatable bonds is 6. The van der Waals surface area contributed by atoms with E-state index in [2.05, 4.69) is 138 Å². The number of nitrogens with zero attached hydrogens (tertiary/aromatic N) is 5. The number of anilines is 7. The van der Waals surface area contributed by atoms with E-state index < -0.39 is 0 Å². The summed E-state index contributed by atoms with van der Waals surface area (Å²) in [6, 6.07) is 59.6. The maximum absolute atomic E-state index is 5.06. The zero-order valence-electron chi connectivity index (χ0n) is 26.5. The van der Waals surface area contributed by atoms with E-state index in [9.17, 15) is 0 Å². The average molecular weight is 816 g/mol. The van der Waals surface area contributed by atoms with Gasteiger partial charge in [0, 0.05) is 44.2 Å². The molecule has 240 valence electrons. The van der Waals surface area contributed by atoms with Crippen molar-refractivity contribution in [1.29, 1.82) is 0 Å². The fraction of sp³-hybridized carbons (Fsp3) is 0.0238. The summed E-state index contributed by atoms with van der Waals surface area (Å²) in [5, 5.41) is 6.22. The maximum atomic E-state index is 5.06. The summed E-state index contributed by atoms with van der Waals surface area (Å²) < 4.78 is 2.21. The van der Waals surface area contributed by atoms with Crippen LogP contribution >= 0.6 is 0 Å². The van der Waals surface area contributed by atoms with Crippen molar-refractivity contribution in [3.05, 3.63) is 176 Å². The Labute approximate surface area is 299 Å². The first-order chi connectivity index (χ1) is 23.7. The maximum Gasteiger partial charge on any atom is 0.148 e. The van der Waals surface area contributed by atoms with Crippen molar-refractivity contribution < 1.29 is 26.0 Å². The van der Waals surface area contributed by atoms with E-state index in [0.717, 1.165) is 73.0 Å². The van der Waals surface area contributed by atoms with Crippen molar-refractivity contribution in [2.75, 3.05) is 15.0 Å². The van der Waals surface area contributed by atoms with Crippen LogP contribution < -0.4 is 15.0 Å². The quantitative estimate of drug-likeness (QED) is 0.124. The van der Waals surface area contributed by atoms with Crippen molar-refractivity contribution in [2.45, 2.75) is 6.92 Å². The Hall–Kier alpha value is -5.68. The second kappa shape index (κ2) is 12.7. The van der Waals surface area contributed by atoms with Crippen molar-refractivity contribution >= 4 is 61.6 Å². The van der Waals surface area contributed by atoms with Gasteiger partial charge in [-0.05, 0) is 72.5 Å². The fourth-order valence-electron chi connectivity index (χ4n) is 6.52. The van der Waals surface area contributed by atoms with E-state index in [4.69, 9.17) is 9.92 Å². The van der Waals surface area contributed by atoms with Gasteiger partial charge >= 0.3 is 0 Å². The SMILES string of the molecule is Cc1ccnc(-n2c3[c-]c(N(c4[c-]c(N5[OH+]N(c6ccccc6)c6ccccc65)ccc4)c4ccccc4)ccc3c3ccccc32)c1.[Pt]. The van der Waals surface area contributed by atoms with E-state index in [1.165, 1.54) is 0 Å². The van der Waals surface area contributed by atoms with Crippen LogP contribution in [-0.2, 0) is 21.1 Å². The topological polar surface area (TPSA) is 40.3 Å². The van der Waals surface area contributed by atoms with Crippen molar-refractivity contribution in [1.82, 2.24) is 9.55 Å². The molecule has 0 unspecified atom stereocenters. The first-order valence-corrected chi connectivity index (χ1v) is 15.9. The number of fused-ring (bicyclic) bond motifs is 4. The molecule has 0 saturated carbocycles. The van der Waals surface area contributed by atoms with Gasteiger partial charge in [0.2, 0.25) is 0 Å². The monoisotopic (exact) mass is 815 g/mol. The molecule has 0 aliphatic carbocycles. The standard InChI is InChI=1S/C42H29N5O.Pt/c1-30-25-26-43-42(27-30)45-38-20-9-8-19-36(38)37-24-23-34(29-41(37)45)44(31-13-4-2-5-14-31)33-17-12-18-35(28-33)47-40-22-11-10-21-39(40)46(48-47)32-15-6-3-7-16-32;/h2-27H,1H3;/q-2;/p+1. The van der Waals surface area contributed by atoms with E-state index in [1.54, 1.807) is 0 Å². The van der Waals surface area contributed by atoms with E-state index in [-0.39, 0.29) is 21.1 Å². The predicted molar refractivity (Wildman–Crippen MR) is 195 cm³/mol. The van der Waals surface area contributed by atoms with Gasteiger partial charge in [-0.15, -0.1) is 40.8 Å². The second-order valence-corrected chi connectivity index (χ2v) is 11.8. The Morgan fingerprint density at radius 2 is 1.31 bits per heavy atom. The molecule has 6 aromatic carbocycles. The van der Waals surface area contributed by atoms with Gasteiger partial charge in [-0.3, -0.25) is 0 Å². The molecule has 9 rings (SSSR count). The molecule has 3 heterocycles. The van der Waals surface area contributed by atoms with Gasteiger partial charge in [0.1, 0.15) is 22.9 Å². The van der Waals surface area contributed by atoms with Crippen molar-refractivity contribution in [2.24, 2.45) is 0 Å². The number of hydrogen-bond donors (Lipinski definition) is 0. The molecule has 0 fully saturated rings.